The molecule has 0 bridgehead atoms. The number of hydrogen-bond donors (Lipinski definition) is 1. The fraction of sp³-hybridized carbons (Fsp3) is 0.583. The number of ether oxygens (including phenoxy) is 3. The summed E-state index contributed by atoms with van der Waals surface area (Å²) in [7, 11) is 1.63. The largest absolute Gasteiger partial charge is 0.493 e. The number of nitrogens with one attached hydrogen (secondary N) is 1. The van der Waals surface area contributed by atoms with Gasteiger partial charge in [0, 0.05) is 12.7 Å². The highest BCUT2D eigenvalue weighted by Gasteiger charge is 2.32. The topological polar surface area (TPSA) is 52.6 Å². The van der Waals surface area contributed by atoms with Crippen molar-refractivity contribution in [3.63, 3.8) is 0 Å². The van der Waals surface area contributed by atoms with Crippen molar-refractivity contribution in [2.24, 2.45) is 0 Å². The summed E-state index contributed by atoms with van der Waals surface area (Å²) < 4.78 is 16.4. The molecule has 5 heteroatoms. The molecule has 0 saturated carbocycles. The molecular formula is C12H18N2O3. The lowest BCUT2D eigenvalue weighted by atomic mass is 10.3. The molecule has 1 aliphatic heterocycles. The molecule has 1 unspecified atom stereocenters. The molecule has 2 rings (SSSR count). The molecule has 94 valence electrons. The smallest absolute Gasteiger partial charge is 0.168 e. The minimum Gasteiger partial charge on any atom is -0.493 e. The van der Waals surface area contributed by atoms with Gasteiger partial charge in [-0.15, -0.1) is 0 Å². The van der Waals surface area contributed by atoms with Crippen LogP contribution in [-0.4, -0.2) is 37.1 Å². The van der Waals surface area contributed by atoms with Crippen molar-refractivity contribution in [3.8, 4) is 5.75 Å². The lowest BCUT2D eigenvalue weighted by Gasteiger charge is -2.17. The van der Waals surface area contributed by atoms with Gasteiger partial charge < -0.3 is 19.5 Å². The Morgan fingerprint density at radius 1 is 1.59 bits per heavy atom. The Hall–Kier alpha value is -1.33. The fourth-order valence-electron chi connectivity index (χ4n) is 1.76. The summed E-state index contributed by atoms with van der Waals surface area (Å²) in [6.07, 6.45) is 1.76. The van der Waals surface area contributed by atoms with Crippen LogP contribution in [-0.2, 0) is 9.47 Å². The van der Waals surface area contributed by atoms with E-state index in [4.69, 9.17) is 14.2 Å². The van der Waals surface area contributed by atoms with Gasteiger partial charge in [0.2, 0.25) is 0 Å². The third-order valence-electron chi connectivity index (χ3n) is 2.56. The molecule has 1 aromatic heterocycles. The van der Waals surface area contributed by atoms with Crippen LogP contribution in [0.25, 0.3) is 0 Å². The number of hydrogen-bond acceptors (Lipinski definition) is 5. The van der Waals surface area contributed by atoms with Gasteiger partial charge in [-0.3, -0.25) is 0 Å². The minimum absolute atomic E-state index is 0.0386. The van der Waals surface area contributed by atoms with E-state index in [1.807, 2.05) is 26.0 Å². The van der Waals surface area contributed by atoms with Gasteiger partial charge in [0.25, 0.3) is 0 Å². The lowest BCUT2D eigenvalue weighted by Crippen LogP contribution is -2.26. The summed E-state index contributed by atoms with van der Waals surface area (Å²) in [6.45, 7) is 5.06. The molecule has 0 radical (unpaired) electrons. The fourth-order valence-corrected chi connectivity index (χ4v) is 1.76. The van der Waals surface area contributed by atoms with Gasteiger partial charge in [-0.2, -0.15) is 0 Å². The van der Waals surface area contributed by atoms with Crippen molar-refractivity contribution in [2.75, 3.05) is 25.6 Å². The molecule has 0 spiro atoms. The van der Waals surface area contributed by atoms with Gasteiger partial charge in [-0.25, -0.2) is 4.98 Å². The summed E-state index contributed by atoms with van der Waals surface area (Å²) in [5, 5.41) is 3.20. The second-order valence-electron chi connectivity index (χ2n) is 4.39. The Morgan fingerprint density at radius 3 is 3.06 bits per heavy atom. The number of methoxy groups -OCH3 is 1. The van der Waals surface area contributed by atoms with E-state index >= 15 is 0 Å². The summed E-state index contributed by atoms with van der Waals surface area (Å²) in [6, 6.07) is 3.70. The van der Waals surface area contributed by atoms with Crippen LogP contribution in [0.2, 0.25) is 0 Å². The summed E-state index contributed by atoms with van der Waals surface area (Å²) >= 11 is 0. The van der Waals surface area contributed by atoms with Crippen molar-refractivity contribution < 1.29 is 14.2 Å². The molecule has 0 aromatic carbocycles. The Kier molecular flexibility index (Phi) is 3.49. The highest BCUT2D eigenvalue weighted by molar-refractivity contribution is 5.49. The van der Waals surface area contributed by atoms with Crippen molar-refractivity contribution in [1.29, 1.82) is 0 Å². The monoisotopic (exact) mass is 238 g/mol. The third-order valence-corrected chi connectivity index (χ3v) is 2.56. The van der Waals surface area contributed by atoms with E-state index in [2.05, 4.69) is 10.3 Å². The van der Waals surface area contributed by atoms with E-state index < -0.39 is 5.79 Å². The third kappa shape index (κ3) is 3.08. The van der Waals surface area contributed by atoms with E-state index in [0.717, 1.165) is 11.6 Å². The molecular weight excluding hydrogens is 220 g/mol. The molecule has 17 heavy (non-hydrogen) atoms. The molecule has 1 saturated heterocycles. The zero-order chi connectivity index (χ0) is 12.3. The summed E-state index contributed by atoms with van der Waals surface area (Å²) in [5.74, 6) is 0.967. The Bertz CT molecular complexity index is 382. The summed E-state index contributed by atoms with van der Waals surface area (Å²) in [5.41, 5.74) is 0. The predicted octanol–water partition coefficient (Wildman–Crippen LogP) is 1.65. The maximum Gasteiger partial charge on any atom is 0.168 e. The Morgan fingerprint density at radius 2 is 2.41 bits per heavy atom. The van der Waals surface area contributed by atoms with Crippen molar-refractivity contribution in [2.45, 2.75) is 25.7 Å². The van der Waals surface area contributed by atoms with Crippen LogP contribution in [0.4, 0.5) is 5.82 Å². The van der Waals surface area contributed by atoms with Crippen LogP contribution >= 0.6 is 0 Å². The number of pyridine rings is 1. The van der Waals surface area contributed by atoms with Gasteiger partial charge in [0.15, 0.2) is 17.4 Å². The molecule has 1 fully saturated rings. The van der Waals surface area contributed by atoms with Gasteiger partial charge in [-0.1, -0.05) is 0 Å². The van der Waals surface area contributed by atoms with Crippen LogP contribution in [0.1, 0.15) is 13.8 Å². The molecule has 1 atom stereocenters. The van der Waals surface area contributed by atoms with Crippen molar-refractivity contribution in [1.82, 2.24) is 4.98 Å². The quantitative estimate of drug-likeness (QED) is 0.864. The van der Waals surface area contributed by atoms with Gasteiger partial charge >= 0.3 is 0 Å². The first-order valence-electron chi connectivity index (χ1n) is 5.65. The van der Waals surface area contributed by atoms with Crippen LogP contribution in [0, 0.1) is 0 Å². The molecule has 1 aliphatic rings. The van der Waals surface area contributed by atoms with E-state index in [9.17, 15) is 0 Å². The van der Waals surface area contributed by atoms with Gasteiger partial charge in [-0.05, 0) is 26.0 Å². The maximum atomic E-state index is 5.69. The standard InChI is InChI=1S/C12H18N2O3/c1-12(2)16-8-9(17-12)7-14-11-10(15-3)5-4-6-13-11/h4-6,9H,7-8H2,1-3H3,(H,13,14). The number of aromatic nitrogens is 1. The number of nitrogens with zero attached hydrogens (tertiary/aromatic N) is 1. The average Bonchev–Trinajstić information content (AvgIpc) is 2.67. The lowest BCUT2D eigenvalue weighted by molar-refractivity contribution is -0.136. The average molecular weight is 238 g/mol. The number of rotatable bonds is 4. The minimum atomic E-state index is -0.486. The van der Waals surface area contributed by atoms with Crippen LogP contribution in [0.5, 0.6) is 5.75 Å². The second kappa shape index (κ2) is 4.89. The Labute approximate surface area is 101 Å². The number of anilines is 1. The highest BCUT2D eigenvalue weighted by Crippen LogP contribution is 2.24. The molecule has 5 nitrogen and oxygen atoms in total. The van der Waals surface area contributed by atoms with Crippen LogP contribution < -0.4 is 10.1 Å². The molecule has 0 amide bonds. The van der Waals surface area contributed by atoms with Crippen LogP contribution in [0.3, 0.4) is 0 Å². The SMILES string of the molecule is COc1cccnc1NCC1COC(C)(C)O1. The van der Waals surface area contributed by atoms with Crippen molar-refractivity contribution >= 4 is 5.82 Å². The second-order valence-corrected chi connectivity index (χ2v) is 4.39. The van der Waals surface area contributed by atoms with E-state index in [0.29, 0.717) is 13.2 Å². The first-order chi connectivity index (χ1) is 8.11. The highest BCUT2D eigenvalue weighted by atomic mass is 16.7. The van der Waals surface area contributed by atoms with Crippen LogP contribution in [0.15, 0.2) is 18.3 Å². The van der Waals surface area contributed by atoms with Gasteiger partial charge in [0.1, 0.15) is 6.10 Å². The first-order valence-corrected chi connectivity index (χ1v) is 5.65. The Balaban J connectivity index is 1.90. The molecule has 0 aliphatic carbocycles. The first kappa shape index (κ1) is 12.1. The molecule has 1 aromatic rings. The van der Waals surface area contributed by atoms with E-state index in [-0.39, 0.29) is 6.10 Å². The molecule has 2 heterocycles. The van der Waals surface area contributed by atoms with Gasteiger partial charge in [0.05, 0.1) is 13.7 Å². The normalized spacial score (nSPS) is 22.4. The molecule has 1 N–H and O–H groups in total. The summed E-state index contributed by atoms with van der Waals surface area (Å²) in [4.78, 5) is 4.21. The van der Waals surface area contributed by atoms with E-state index in [1.54, 1.807) is 13.3 Å². The maximum absolute atomic E-state index is 5.69. The van der Waals surface area contributed by atoms with Crippen molar-refractivity contribution in [3.05, 3.63) is 18.3 Å². The zero-order valence-corrected chi connectivity index (χ0v) is 10.4. The zero-order valence-electron chi connectivity index (χ0n) is 10.4. The predicted molar refractivity (Wildman–Crippen MR) is 64.2 cm³/mol. The van der Waals surface area contributed by atoms with E-state index in [1.165, 1.54) is 0 Å².